The summed E-state index contributed by atoms with van der Waals surface area (Å²) in [7, 11) is 0. The van der Waals surface area contributed by atoms with Crippen LogP contribution in [0.15, 0.2) is 24.5 Å². The molecule has 1 aliphatic heterocycles. The lowest BCUT2D eigenvalue weighted by molar-refractivity contribution is -0.124. The van der Waals surface area contributed by atoms with Gasteiger partial charge in [0.05, 0.1) is 12.4 Å². The molecule has 3 amide bonds. The third kappa shape index (κ3) is 2.83. The maximum atomic E-state index is 12.9. The summed E-state index contributed by atoms with van der Waals surface area (Å²) in [5, 5.41) is 13.0. The van der Waals surface area contributed by atoms with Crippen molar-refractivity contribution in [1.29, 1.82) is 0 Å². The molecule has 2 fully saturated rings. The monoisotopic (exact) mass is 358 g/mol. The van der Waals surface area contributed by atoms with E-state index in [0.29, 0.717) is 0 Å². The van der Waals surface area contributed by atoms with Crippen molar-refractivity contribution in [3.8, 4) is 5.82 Å². The number of urea groups is 1. The quantitative estimate of drug-likeness (QED) is 0.581. The second-order valence-corrected chi connectivity index (χ2v) is 6.43. The zero-order chi connectivity index (χ0) is 18.3. The van der Waals surface area contributed by atoms with E-state index in [-0.39, 0.29) is 42.0 Å². The number of imide groups is 1. The number of Topliss-reactive ketones (excluding diaryl/α,β-unsaturated/α-hetero) is 1. The molecule has 9 nitrogen and oxygen atoms in total. The van der Waals surface area contributed by atoms with Crippen molar-refractivity contribution in [2.24, 2.45) is 5.92 Å². The van der Waals surface area contributed by atoms with E-state index in [1.807, 2.05) is 0 Å². The number of rotatable bonds is 6. The fourth-order valence-electron chi connectivity index (χ4n) is 3.18. The molecule has 2 N–H and O–H groups in total. The van der Waals surface area contributed by atoms with Gasteiger partial charge in [0.1, 0.15) is 17.1 Å². The first-order valence-electron chi connectivity index (χ1n) is 8.19. The molecule has 2 aliphatic rings. The van der Waals surface area contributed by atoms with E-state index in [4.69, 9.17) is 0 Å². The Balaban J connectivity index is 1.46. The second-order valence-electron chi connectivity index (χ2n) is 6.43. The highest BCUT2D eigenvalue weighted by molar-refractivity contribution is 6.07. The second kappa shape index (κ2) is 5.97. The normalized spacial score (nSPS) is 22.2. The number of ketones is 1. The largest absolute Gasteiger partial charge is 0.323 e. The Morgan fingerprint density at radius 1 is 1.31 bits per heavy atom. The number of aromatic nitrogens is 4. The minimum Gasteiger partial charge on any atom is -0.323 e. The molecule has 0 aromatic carbocycles. The molecule has 26 heavy (non-hydrogen) atoms. The van der Waals surface area contributed by atoms with Crippen LogP contribution >= 0.6 is 0 Å². The van der Waals surface area contributed by atoms with E-state index in [1.54, 1.807) is 0 Å². The van der Waals surface area contributed by atoms with Crippen LogP contribution in [-0.4, -0.2) is 43.2 Å². The van der Waals surface area contributed by atoms with Gasteiger partial charge in [-0.1, -0.05) is 0 Å². The molecular weight excluding hydrogens is 343 g/mol. The van der Waals surface area contributed by atoms with E-state index in [2.05, 4.69) is 25.8 Å². The van der Waals surface area contributed by atoms with Crippen LogP contribution in [0.25, 0.3) is 5.82 Å². The Labute approximate surface area is 147 Å². The van der Waals surface area contributed by atoms with Gasteiger partial charge in [-0.2, -0.15) is 5.10 Å². The van der Waals surface area contributed by atoms with Crippen molar-refractivity contribution in [1.82, 2.24) is 30.6 Å². The molecule has 0 spiro atoms. The molecule has 1 saturated carbocycles. The van der Waals surface area contributed by atoms with Gasteiger partial charge >= 0.3 is 6.03 Å². The smallest absolute Gasteiger partial charge is 0.322 e. The van der Waals surface area contributed by atoms with Crippen molar-refractivity contribution in [2.45, 2.75) is 31.2 Å². The Morgan fingerprint density at radius 3 is 2.73 bits per heavy atom. The predicted octanol–water partition coefficient (Wildman–Crippen LogP) is 0.752. The van der Waals surface area contributed by atoms with Crippen molar-refractivity contribution in [3.63, 3.8) is 0 Å². The highest BCUT2D eigenvalue weighted by atomic mass is 19.1. The highest BCUT2D eigenvalue weighted by Gasteiger charge is 2.55. The molecule has 3 heterocycles. The molecule has 134 valence electrons. The van der Waals surface area contributed by atoms with Crippen LogP contribution in [0.1, 0.15) is 36.2 Å². The summed E-state index contributed by atoms with van der Waals surface area (Å²) in [5.74, 6) is -0.827. The van der Waals surface area contributed by atoms with E-state index in [9.17, 15) is 18.8 Å². The number of nitrogens with one attached hydrogen (secondary N) is 2. The van der Waals surface area contributed by atoms with Crippen molar-refractivity contribution >= 4 is 17.7 Å². The van der Waals surface area contributed by atoms with Crippen LogP contribution in [0, 0.1) is 11.7 Å². The average molecular weight is 358 g/mol. The number of halogens is 1. The fraction of sp³-hybridized carbons (Fsp3) is 0.375. The van der Waals surface area contributed by atoms with Gasteiger partial charge in [0, 0.05) is 6.42 Å². The highest BCUT2D eigenvalue weighted by Crippen LogP contribution is 2.43. The number of amides is 3. The third-order valence-corrected chi connectivity index (χ3v) is 4.68. The first kappa shape index (κ1) is 16.3. The molecular formula is C16H15FN6O3. The van der Waals surface area contributed by atoms with E-state index in [0.717, 1.165) is 23.8 Å². The molecule has 1 saturated heterocycles. The van der Waals surface area contributed by atoms with Gasteiger partial charge in [-0.25, -0.2) is 14.2 Å². The van der Waals surface area contributed by atoms with Crippen LogP contribution in [0.2, 0.25) is 0 Å². The first-order valence-corrected chi connectivity index (χ1v) is 8.19. The molecule has 1 aliphatic carbocycles. The minimum atomic E-state index is -1.01. The van der Waals surface area contributed by atoms with Crippen LogP contribution in [0.4, 0.5) is 9.18 Å². The Morgan fingerprint density at radius 2 is 2.12 bits per heavy atom. The van der Waals surface area contributed by atoms with Crippen LogP contribution in [0.5, 0.6) is 0 Å². The van der Waals surface area contributed by atoms with Crippen LogP contribution in [-0.2, 0) is 4.79 Å². The molecule has 1 atom stereocenters. The fourth-order valence-corrected chi connectivity index (χ4v) is 3.18. The third-order valence-electron chi connectivity index (χ3n) is 4.68. The lowest BCUT2D eigenvalue weighted by Gasteiger charge is -2.25. The topological polar surface area (TPSA) is 119 Å². The van der Waals surface area contributed by atoms with Crippen molar-refractivity contribution in [2.75, 3.05) is 0 Å². The summed E-state index contributed by atoms with van der Waals surface area (Å²) < 4.78 is 12.9. The van der Waals surface area contributed by atoms with Crippen molar-refractivity contribution in [3.05, 3.63) is 36.0 Å². The van der Waals surface area contributed by atoms with Crippen molar-refractivity contribution < 1.29 is 18.8 Å². The lowest BCUT2D eigenvalue weighted by Crippen LogP contribution is -2.49. The average Bonchev–Trinajstić information content (AvgIpc) is 3.28. The number of pyridine rings is 1. The summed E-state index contributed by atoms with van der Waals surface area (Å²) in [6.07, 6.45) is 4.25. The maximum Gasteiger partial charge on any atom is 0.322 e. The number of nitrogens with zero attached hydrogens (tertiary/aromatic N) is 4. The molecule has 2 aromatic heterocycles. The molecule has 2 aromatic rings. The summed E-state index contributed by atoms with van der Waals surface area (Å²) in [5.41, 5.74) is -0.895. The van der Waals surface area contributed by atoms with Gasteiger partial charge in [0.2, 0.25) is 0 Å². The van der Waals surface area contributed by atoms with Crippen LogP contribution in [0.3, 0.4) is 0 Å². The van der Waals surface area contributed by atoms with E-state index >= 15 is 0 Å². The lowest BCUT2D eigenvalue weighted by atomic mass is 9.87. The minimum absolute atomic E-state index is 0.0414. The summed E-state index contributed by atoms with van der Waals surface area (Å²) >= 11 is 0. The molecule has 0 bridgehead atoms. The van der Waals surface area contributed by atoms with Gasteiger partial charge < -0.3 is 5.32 Å². The summed E-state index contributed by atoms with van der Waals surface area (Å²) in [4.78, 5) is 41.1. The molecule has 0 unspecified atom stereocenters. The number of carbonyl (C=O) groups is 3. The molecule has 10 heteroatoms. The Kier molecular flexibility index (Phi) is 3.74. The Hall–Kier alpha value is -3.17. The van der Waals surface area contributed by atoms with E-state index in [1.165, 1.54) is 18.3 Å². The first-order chi connectivity index (χ1) is 12.5. The summed E-state index contributed by atoms with van der Waals surface area (Å²) in [6.45, 7) is 0. The standard InChI is InChI=1S/C16H15FN6O3/c17-10-3-4-13(18-7-10)23-19-8-11(22-23)12(24)5-6-16(9-1-2-9)14(25)20-15(26)21-16/h3-4,7-9H,1-2,5-6H2,(H2,20,21,25,26)/t16-/m0/s1. The van der Waals surface area contributed by atoms with E-state index < -0.39 is 17.4 Å². The van der Waals surface area contributed by atoms with Gasteiger partial charge in [0.25, 0.3) is 5.91 Å². The molecule has 0 radical (unpaired) electrons. The SMILES string of the molecule is O=C1NC(=O)[C@](CCC(=O)c2cnn(-c3ccc(F)cn3)n2)(C2CC2)N1. The number of hydrogen-bond acceptors (Lipinski definition) is 6. The van der Waals surface area contributed by atoms with Gasteiger partial charge in [0.15, 0.2) is 11.6 Å². The predicted molar refractivity (Wildman–Crippen MR) is 84.8 cm³/mol. The number of carbonyl (C=O) groups excluding carboxylic acids is 3. The Bertz CT molecular complexity index is 892. The molecule has 4 rings (SSSR count). The van der Waals surface area contributed by atoms with Gasteiger partial charge in [-0.05, 0) is 37.3 Å². The number of hydrogen-bond donors (Lipinski definition) is 2. The zero-order valence-corrected chi connectivity index (χ0v) is 13.6. The zero-order valence-electron chi connectivity index (χ0n) is 13.6. The maximum absolute atomic E-state index is 12.9. The van der Waals surface area contributed by atoms with Gasteiger partial charge in [-0.15, -0.1) is 9.90 Å². The van der Waals surface area contributed by atoms with Gasteiger partial charge in [-0.3, -0.25) is 14.9 Å². The summed E-state index contributed by atoms with van der Waals surface area (Å²) in [6, 6.07) is 2.08. The van der Waals surface area contributed by atoms with Crippen LogP contribution < -0.4 is 10.6 Å².